The summed E-state index contributed by atoms with van der Waals surface area (Å²) >= 11 is 9.03. The van der Waals surface area contributed by atoms with Gasteiger partial charge in [-0.2, -0.15) is 0 Å². The zero-order chi connectivity index (χ0) is 17.2. The third-order valence-electron chi connectivity index (χ3n) is 3.27. The minimum absolute atomic E-state index is 0.138. The minimum atomic E-state index is -3.83. The molecule has 1 heterocycles. The molecule has 0 saturated carbocycles. The van der Waals surface area contributed by atoms with Gasteiger partial charge in [0.15, 0.2) is 0 Å². The SMILES string of the molecule is C=C(Cl)/C=C\C(=C)CCc1[nH]c2cc(Br)ccc2c1S(N)(=O)=O. The fourth-order valence-electron chi connectivity index (χ4n) is 2.28. The second-order valence-corrected chi connectivity index (χ2v) is 8.01. The standard InChI is InChI=1S/C16H16BrClN2O2S/c1-10(3-5-11(2)18)4-8-14-16(23(19,21)22)13-7-6-12(17)9-15(13)20-14/h3,5-7,9,20H,1-2,4,8H2,(H2,19,21,22)/b5-3-. The molecule has 23 heavy (non-hydrogen) atoms. The summed E-state index contributed by atoms with van der Waals surface area (Å²) in [5.74, 6) is 0. The smallest absolute Gasteiger partial charge is 0.240 e. The van der Waals surface area contributed by atoms with Gasteiger partial charge < -0.3 is 4.98 Å². The number of nitrogens with one attached hydrogen (secondary N) is 1. The van der Waals surface area contributed by atoms with Gasteiger partial charge >= 0.3 is 0 Å². The fourth-order valence-corrected chi connectivity index (χ4v) is 3.68. The third kappa shape index (κ3) is 4.57. The van der Waals surface area contributed by atoms with E-state index in [9.17, 15) is 8.42 Å². The lowest BCUT2D eigenvalue weighted by Crippen LogP contribution is -2.14. The first-order chi connectivity index (χ1) is 10.7. The molecule has 3 N–H and O–H groups in total. The van der Waals surface area contributed by atoms with Crippen molar-refractivity contribution in [3.05, 3.63) is 64.3 Å². The van der Waals surface area contributed by atoms with Crippen LogP contribution >= 0.6 is 27.5 Å². The molecule has 7 heteroatoms. The molecule has 0 amide bonds. The van der Waals surface area contributed by atoms with Gasteiger partial charge in [-0.15, -0.1) is 0 Å². The first-order valence-electron chi connectivity index (χ1n) is 6.71. The van der Waals surface area contributed by atoms with Gasteiger partial charge in [0.25, 0.3) is 0 Å². The maximum Gasteiger partial charge on any atom is 0.240 e. The maximum absolute atomic E-state index is 12.0. The summed E-state index contributed by atoms with van der Waals surface area (Å²) in [7, 11) is -3.83. The van der Waals surface area contributed by atoms with Crippen LogP contribution in [0.1, 0.15) is 12.1 Å². The van der Waals surface area contributed by atoms with Crippen molar-refractivity contribution in [1.29, 1.82) is 0 Å². The molecule has 0 aliphatic heterocycles. The zero-order valence-electron chi connectivity index (χ0n) is 12.3. The number of halogens is 2. The van der Waals surface area contributed by atoms with Crippen molar-refractivity contribution >= 4 is 48.5 Å². The van der Waals surface area contributed by atoms with Crippen molar-refractivity contribution in [3.63, 3.8) is 0 Å². The number of aromatic nitrogens is 1. The Hall–Kier alpha value is -1.34. The average molecular weight is 416 g/mol. The maximum atomic E-state index is 12.0. The number of rotatable bonds is 6. The number of hydrogen-bond donors (Lipinski definition) is 2. The summed E-state index contributed by atoms with van der Waals surface area (Å²) in [6, 6.07) is 5.33. The topological polar surface area (TPSA) is 76.0 Å². The fraction of sp³-hybridized carbons (Fsp3) is 0.125. The highest BCUT2D eigenvalue weighted by Crippen LogP contribution is 2.29. The average Bonchev–Trinajstić information content (AvgIpc) is 2.80. The van der Waals surface area contributed by atoms with Gasteiger partial charge in [-0.3, -0.25) is 0 Å². The predicted octanol–water partition coefficient (Wildman–Crippen LogP) is 4.38. The molecule has 4 nitrogen and oxygen atoms in total. The van der Waals surface area contributed by atoms with Gasteiger partial charge in [0.2, 0.25) is 10.0 Å². The molecule has 0 aliphatic carbocycles. The molecule has 122 valence electrons. The number of sulfonamides is 1. The van der Waals surface area contributed by atoms with Crippen LogP contribution < -0.4 is 5.14 Å². The molecule has 0 spiro atoms. The first kappa shape index (κ1) is 18.0. The van der Waals surface area contributed by atoms with Crippen LogP contribution in [0.4, 0.5) is 0 Å². The summed E-state index contributed by atoms with van der Waals surface area (Å²) < 4.78 is 24.8. The van der Waals surface area contributed by atoms with E-state index in [1.54, 1.807) is 24.3 Å². The van der Waals surface area contributed by atoms with E-state index in [4.69, 9.17) is 16.7 Å². The van der Waals surface area contributed by atoms with E-state index in [2.05, 4.69) is 34.1 Å². The molecule has 0 atom stereocenters. The number of aryl methyl sites for hydroxylation is 1. The van der Waals surface area contributed by atoms with E-state index in [-0.39, 0.29) is 4.90 Å². The molecule has 0 fully saturated rings. The largest absolute Gasteiger partial charge is 0.357 e. The van der Waals surface area contributed by atoms with E-state index in [1.807, 2.05) is 6.07 Å². The van der Waals surface area contributed by atoms with Crippen LogP contribution in [0, 0.1) is 0 Å². The molecule has 1 aromatic carbocycles. The molecule has 0 bridgehead atoms. The van der Waals surface area contributed by atoms with Crippen molar-refractivity contribution in [2.75, 3.05) is 0 Å². The lowest BCUT2D eigenvalue weighted by Gasteiger charge is -2.03. The summed E-state index contributed by atoms with van der Waals surface area (Å²) in [6.45, 7) is 7.47. The molecule has 0 aliphatic rings. The van der Waals surface area contributed by atoms with Gasteiger partial charge in [0.1, 0.15) is 4.90 Å². The Labute approximate surface area is 148 Å². The van der Waals surface area contributed by atoms with Gasteiger partial charge in [-0.05, 0) is 31.1 Å². The van der Waals surface area contributed by atoms with Gasteiger partial charge in [-0.25, -0.2) is 13.6 Å². The Bertz CT molecular complexity index is 914. The zero-order valence-corrected chi connectivity index (χ0v) is 15.4. The second-order valence-electron chi connectivity index (χ2n) is 5.11. The van der Waals surface area contributed by atoms with Crippen molar-refractivity contribution in [2.45, 2.75) is 17.7 Å². The van der Waals surface area contributed by atoms with Gasteiger partial charge in [-0.1, -0.05) is 58.4 Å². The quantitative estimate of drug-likeness (QED) is 0.687. The van der Waals surface area contributed by atoms with E-state index in [0.717, 1.165) is 10.0 Å². The summed E-state index contributed by atoms with van der Waals surface area (Å²) in [5, 5.41) is 6.38. The number of aromatic amines is 1. The lowest BCUT2D eigenvalue weighted by molar-refractivity contribution is 0.597. The molecule has 0 saturated heterocycles. The number of allylic oxidation sites excluding steroid dienone is 4. The predicted molar refractivity (Wildman–Crippen MR) is 99.0 cm³/mol. The molecule has 0 radical (unpaired) electrons. The van der Waals surface area contributed by atoms with Crippen LogP contribution in [-0.2, 0) is 16.4 Å². The Morgan fingerprint density at radius 1 is 1.35 bits per heavy atom. The van der Waals surface area contributed by atoms with E-state index < -0.39 is 10.0 Å². The minimum Gasteiger partial charge on any atom is -0.357 e. The van der Waals surface area contributed by atoms with Crippen LogP contribution in [0.15, 0.2) is 63.5 Å². The molecular weight excluding hydrogens is 400 g/mol. The van der Waals surface area contributed by atoms with Crippen molar-refractivity contribution < 1.29 is 8.42 Å². The number of H-pyrrole nitrogens is 1. The van der Waals surface area contributed by atoms with Gasteiger partial charge in [0.05, 0.1) is 0 Å². The Morgan fingerprint density at radius 2 is 2.04 bits per heavy atom. The molecule has 1 aromatic heterocycles. The number of primary sulfonamides is 1. The van der Waals surface area contributed by atoms with Crippen LogP contribution in [-0.4, -0.2) is 13.4 Å². The first-order valence-corrected chi connectivity index (χ1v) is 9.43. The van der Waals surface area contributed by atoms with Crippen LogP contribution in [0.25, 0.3) is 10.9 Å². The van der Waals surface area contributed by atoms with E-state index in [1.165, 1.54) is 0 Å². The highest BCUT2D eigenvalue weighted by atomic mass is 79.9. The highest BCUT2D eigenvalue weighted by molar-refractivity contribution is 9.10. The van der Waals surface area contributed by atoms with Gasteiger partial charge in [0, 0.05) is 26.1 Å². The molecular formula is C16H16BrClN2O2S. The Balaban J connectivity index is 2.37. The van der Waals surface area contributed by atoms with E-state index >= 15 is 0 Å². The number of fused-ring (bicyclic) bond motifs is 1. The van der Waals surface area contributed by atoms with E-state index in [0.29, 0.717) is 34.5 Å². The number of benzene rings is 1. The molecule has 2 aromatic rings. The van der Waals surface area contributed by atoms with Crippen LogP contribution in [0.3, 0.4) is 0 Å². The lowest BCUT2D eigenvalue weighted by atomic mass is 10.1. The van der Waals surface area contributed by atoms with Crippen molar-refractivity contribution in [3.8, 4) is 0 Å². The Kier molecular flexibility index (Phi) is 5.52. The summed E-state index contributed by atoms with van der Waals surface area (Å²) in [4.78, 5) is 3.27. The molecule has 0 unspecified atom stereocenters. The summed E-state index contributed by atoms with van der Waals surface area (Å²) in [5.41, 5.74) is 2.10. The Morgan fingerprint density at radius 3 is 2.65 bits per heavy atom. The normalized spacial score (nSPS) is 12.1. The summed E-state index contributed by atoms with van der Waals surface area (Å²) in [6.07, 6.45) is 4.44. The molecule has 2 rings (SSSR count). The third-order valence-corrected chi connectivity index (χ3v) is 4.92. The van der Waals surface area contributed by atoms with Crippen molar-refractivity contribution in [2.24, 2.45) is 5.14 Å². The van der Waals surface area contributed by atoms with Crippen LogP contribution in [0.2, 0.25) is 0 Å². The number of nitrogens with two attached hydrogens (primary N) is 1. The monoisotopic (exact) mass is 414 g/mol. The highest BCUT2D eigenvalue weighted by Gasteiger charge is 2.20. The van der Waals surface area contributed by atoms with Crippen molar-refractivity contribution in [1.82, 2.24) is 4.98 Å². The number of hydrogen-bond acceptors (Lipinski definition) is 2. The second kappa shape index (κ2) is 7.05. The van der Waals surface area contributed by atoms with Crippen LogP contribution in [0.5, 0.6) is 0 Å².